The number of ether oxygens (including phenoxy) is 1. The third-order valence-corrected chi connectivity index (χ3v) is 7.05. The van der Waals surface area contributed by atoms with Crippen molar-refractivity contribution in [3.05, 3.63) is 48.3 Å². The summed E-state index contributed by atoms with van der Waals surface area (Å²) in [6.45, 7) is 0.720. The second-order valence-electron chi connectivity index (χ2n) is 6.87. The molecule has 11 heteroatoms. The van der Waals surface area contributed by atoms with Crippen molar-refractivity contribution in [1.82, 2.24) is 9.88 Å². The number of aromatic nitrogens is 1. The number of rotatable bonds is 8. The van der Waals surface area contributed by atoms with Gasteiger partial charge in [0.05, 0.1) is 16.7 Å². The molecule has 1 amide bonds. The average Bonchev–Trinajstić information content (AvgIpc) is 3.13. The van der Waals surface area contributed by atoms with Gasteiger partial charge in [0.15, 0.2) is 15.0 Å². The molecule has 1 heterocycles. The number of nitrogens with zero attached hydrogens (tertiary/aromatic N) is 3. The Morgan fingerprint density at radius 2 is 1.81 bits per heavy atom. The van der Waals surface area contributed by atoms with Gasteiger partial charge >= 0.3 is 0 Å². The molecule has 3 rings (SSSR count). The fourth-order valence-electron chi connectivity index (χ4n) is 2.75. The zero-order valence-electron chi connectivity index (χ0n) is 17.2. The number of hydrogen-bond acceptors (Lipinski definition) is 7. The van der Waals surface area contributed by atoms with Crippen molar-refractivity contribution in [2.45, 2.75) is 4.90 Å². The quantitative estimate of drug-likeness (QED) is 0.485. The molecule has 0 aliphatic carbocycles. The van der Waals surface area contributed by atoms with Crippen LogP contribution in [0.4, 0.5) is 9.52 Å². The van der Waals surface area contributed by atoms with Crippen LogP contribution in [-0.2, 0) is 14.6 Å². The number of fused-ring (bicyclic) bond motifs is 1. The van der Waals surface area contributed by atoms with Crippen molar-refractivity contribution in [3.8, 4) is 5.75 Å². The maximum atomic E-state index is 14.1. The third-order valence-electron chi connectivity index (χ3n) is 4.39. The SMILES string of the molecule is COc1ccc(S(=O)(=O)CC(=O)N(CCN(C)C)c2nc3c(F)cccc3s2)cc1.Cl. The molecule has 1 aromatic heterocycles. The van der Waals surface area contributed by atoms with Gasteiger partial charge in [0.25, 0.3) is 0 Å². The van der Waals surface area contributed by atoms with E-state index < -0.39 is 27.3 Å². The second kappa shape index (κ2) is 10.4. The summed E-state index contributed by atoms with van der Waals surface area (Å²) < 4.78 is 45.2. The van der Waals surface area contributed by atoms with Crippen LogP contribution in [0.5, 0.6) is 5.75 Å². The number of halogens is 2. The Morgan fingerprint density at radius 3 is 2.39 bits per heavy atom. The van der Waals surface area contributed by atoms with Gasteiger partial charge in [-0.25, -0.2) is 17.8 Å². The van der Waals surface area contributed by atoms with Crippen molar-refractivity contribution in [1.29, 1.82) is 0 Å². The highest BCUT2D eigenvalue weighted by atomic mass is 35.5. The first kappa shape index (κ1) is 25.0. The molecule has 0 saturated heterocycles. The van der Waals surface area contributed by atoms with Gasteiger partial charge in [-0.15, -0.1) is 12.4 Å². The molecular formula is C20H23ClFN3O4S2. The lowest BCUT2D eigenvalue weighted by atomic mass is 10.3. The van der Waals surface area contributed by atoms with Crippen LogP contribution in [0.15, 0.2) is 47.4 Å². The number of carbonyl (C=O) groups excluding carboxylic acids is 1. The minimum Gasteiger partial charge on any atom is -0.497 e. The fraction of sp³-hybridized carbons (Fsp3) is 0.300. The average molecular weight is 488 g/mol. The first-order valence-electron chi connectivity index (χ1n) is 9.08. The number of anilines is 1. The van der Waals surface area contributed by atoms with E-state index in [1.807, 2.05) is 19.0 Å². The molecular weight excluding hydrogens is 465 g/mol. The molecule has 0 unspecified atom stereocenters. The van der Waals surface area contributed by atoms with Gasteiger partial charge in [-0.3, -0.25) is 9.69 Å². The molecule has 0 spiro atoms. The van der Waals surface area contributed by atoms with Crippen molar-refractivity contribution < 1.29 is 22.3 Å². The Hall–Kier alpha value is -2.27. The van der Waals surface area contributed by atoms with E-state index in [9.17, 15) is 17.6 Å². The van der Waals surface area contributed by atoms with Gasteiger partial charge in [-0.2, -0.15) is 0 Å². The van der Waals surface area contributed by atoms with Crippen LogP contribution in [0.1, 0.15) is 0 Å². The van der Waals surface area contributed by atoms with Crippen LogP contribution < -0.4 is 9.64 Å². The lowest BCUT2D eigenvalue weighted by Gasteiger charge is -2.22. The summed E-state index contributed by atoms with van der Waals surface area (Å²) in [5, 5.41) is 0.270. The van der Waals surface area contributed by atoms with Crippen LogP contribution in [0.2, 0.25) is 0 Å². The zero-order chi connectivity index (χ0) is 21.9. The Morgan fingerprint density at radius 1 is 1.13 bits per heavy atom. The molecule has 0 fully saturated rings. The Kier molecular flexibility index (Phi) is 8.35. The van der Waals surface area contributed by atoms with Crippen LogP contribution in [0.25, 0.3) is 10.2 Å². The number of benzene rings is 2. The molecule has 2 aromatic carbocycles. The van der Waals surface area contributed by atoms with Crippen LogP contribution in [0.3, 0.4) is 0 Å². The first-order chi connectivity index (χ1) is 14.2. The molecule has 0 saturated carbocycles. The normalized spacial score (nSPS) is 11.4. The molecule has 31 heavy (non-hydrogen) atoms. The molecule has 0 N–H and O–H groups in total. The standard InChI is InChI=1S/C20H22FN3O4S2.ClH/c1-23(2)11-12-24(20-22-19-16(21)5-4-6-17(19)29-20)18(25)13-30(26,27)15-9-7-14(28-3)8-10-15;/h4-10H,11-13H2,1-3H3;1H. The summed E-state index contributed by atoms with van der Waals surface area (Å²) >= 11 is 1.15. The highest BCUT2D eigenvalue weighted by Crippen LogP contribution is 2.30. The highest BCUT2D eigenvalue weighted by Gasteiger charge is 2.27. The summed E-state index contributed by atoms with van der Waals surface area (Å²) in [6.07, 6.45) is 0. The number of para-hydroxylation sites is 1. The summed E-state index contributed by atoms with van der Waals surface area (Å²) in [7, 11) is 1.29. The molecule has 0 bridgehead atoms. The number of sulfone groups is 1. The maximum Gasteiger partial charge on any atom is 0.244 e. The van der Waals surface area contributed by atoms with Gasteiger partial charge in [-0.1, -0.05) is 17.4 Å². The van der Waals surface area contributed by atoms with E-state index in [0.717, 1.165) is 11.3 Å². The Labute approximate surface area is 190 Å². The third kappa shape index (κ3) is 5.91. The fourth-order valence-corrected chi connectivity index (χ4v) is 4.97. The predicted molar refractivity (Wildman–Crippen MR) is 123 cm³/mol. The van der Waals surface area contributed by atoms with E-state index in [4.69, 9.17) is 4.74 Å². The number of amides is 1. The lowest BCUT2D eigenvalue weighted by Crippen LogP contribution is -2.40. The molecule has 0 aliphatic heterocycles. The first-order valence-corrected chi connectivity index (χ1v) is 11.5. The van der Waals surface area contributed by atoms with Gasteiger partial charge in [-0.05, 0) is 50.5 Å². The topological polar surface area (TPSA) is 79.8 Å². The zero-order valence-corrected chi connectivity index (χ0v) is 19.7. The summed E-state index contributed by atoms with van der Waals surface area (Å²) in [5.41, 5.74) is 0.165. The minimum atomic E-state index is -3.87. The number of thiazole rings is 1. The summed E-state index contributed by atoms with van der Waals surface area (Å²) in [5.74, 6) is -1.30. The van der Waals surface area contributed by atoms with Gasteiger partial charge < -0.3 is 9.64 Å². The monoisotopic (exact) mass is 487 g/mol. The number of likely N-dealkylation sites (N-methyl/N-ethyl adjacent to an activating group) is 1. The maximum absolute atomic E-state index is 14.1. The molecule has 7 nitrogen and oxygen atoms in total. The Bertz CT molecular complexity index is 1150. The highest BCUT2D eigenvalue weighted by molar-refractivity contribution is 7.92. The van der Waals surface area contributed by atoms with Crippen molar-refractivity contribution in [3.63, 3.8) is 0 Å². The molecule has 0 radical (unpaired) electrons. The van der Waals surface area contributed by atoms with E-state index >= 15 is 0 Å². The molecule has 0 atom stereocenters. The largest absolute Gasteiger partial charge is 0.497 e. The van der Waals surface area contributed by atoms with E-state index in [1.54, 1.807) is 12.1 Å². The van der Waals surface area contributed by atoms with Crippen LogP contribution >= 0.6 is 23.7 Å². The molecule has 3 aromatic rings. The van der Waals surface area contributed by atoms with Gasteiger partial charge in [0, 0.05) is 13.1 Å². The Balaban J connectivity index is 0.00000341. The van der Waals surface area contributed by atoms with Gasteiger partial charge in [0.1, 0.15) is 22.8 Å². The summed E-state index contributed by atoms with van der Waals surface area (Å²) in [6, 6.07) is 10.4. The van der Waals surface area contributed by atoms with E-state index in [-0.39, 0.29) is 34.5 Å². The minimum absolute atomic E-state index is 0. The lowest BCUT2D eigenvalue weighted by molar-refractivity contribution is -0.116. The molecule has 168 valence electrons. The van der Waals surface area contributed by atoms with E-state index in [1.165, 1.54) is 42.3 Å². The predicted octanol–water partition coefficient (Wildman–Crippen LogP) is 3.23. The van der Waals surface area contributed by atoms with Crippen molar-refractivity contribution >= 4 is 54.8 Å². The van der Waals surface area contributed by atoms with Crippen LogP contribution in [0, 0.1) is 5.82 Å². The van der Waals surface area contributed by atoms with Crippen molar-refractivity contribution in [2.75, 3.05) is 44.9 Å². The van der Waals surface area contributed by atoms with E-state index in [2.05, 4.69) is 4.98 Å². The number of hydrogen-bond donors (Lipinski definition) is 0. The molecule has 0 aliphatic rings. The smallest absolute Gasteiger partial charge is 0.244 e. The van der Waals surface area contributed by atoms with E-state index in [0.29, 0.717) is 17.0 Å². The van der Waals surface area contributed by atoms with Crippen molar-refractivity contribution in [2.24, 2.45) is 0 Å². The second-order valence-corrected chi connectivity index (χ2v) is 9.86. The van der Waals surface area contributed by atoms with Gasteiger partial charge in [0.2, 0.25) is 5.91 Å². The number of carbonyl (C=O) groups is 1. The van der Waals surface area contributed by atoms with Crippen LogP contribution in [-0.4, -0.2) is 64.3 Å². The summed E-state index contributed by atoms with van der Waals surface area (Å²) in [4.78, 5) is 20.5. The number of methoxy groups -OCH3 is 1.